The molecule has 1 atom stereocenters. The van der Waals surface area contributed by atoms with Crippen LogP contribution in [0.1, 0.15) is 24.9 Å². The van der Waals surface area contributed by atoms with Gasteiger partial charge in [-0.15, -0.1) is 0 Å². The molecule has 0 aliphatic carbocycles. The van der Waals surface area contributed by atoms with Crippen LogP contribution in [-0.2, 0) is 9.47 Å². The SMILES string of the molecule is COCCCOCCOc1ccc(C(C)N)cc1. The van der Waals surface area contributed by atoms with E-state index in [1.807, 2.05) is 31.2 Å². The number of rotatable bonds is 9. The molecule has 4 nitrogen and oxygen atoms in total. The summed E-state index contributed by atoms with van der Waals surface area (Å²) in [5, 5.41) is 0. The van der Waals surface area contributed by atoms with Crippen molar-refractivity contribution in [1.82, 2.24) is 0 Å². The van der Waals surface area contributed by atoms with Crippen molar-refractivity contribution in [3.63, 3.8) is 0 Å². The standard InChI is InChI=1S/C14H23NO3/c1-12(15)13-4-6-14(7-5-13)18-11-10-17-9-3-8-16-2/h4-7,12H,3,8-11,15H2,1-2H3. The Bertz CT molecular complexity index is 311. The van der Waals surface area contributed by atoms with E-state index >= 15 is 0 Å². The number of hydrogen-bond acceptors (Lipinski definition) is 4. The lowest BCUT2D eigenvalue weighted by Gasteiger charge is -2.09. The summed E-state index contributed by atoms with van der Waals surface area (Å²) in [7, 11) is 1.69. The second-order valence-electron chi connectivity index (χ2n) is 4.16. The van der Waals surface area contributed by atoms with E-state index in [0.717, 1.165) is 24.3 Å². The van der Waals surface area contributed by atoms with Crippen LogP contribution in [0, 0.1) is 0 Å². The van der Waals surface area contributed by atoms with E-state index in [-0.39, 0.29) is 6.04 Å². The number of methoxy groups -OCH3 is 1. The number of ether oxygens (including phenoxy) is 3. The quantitative estimate of drug-likeness (QED) is 0.685. The molecule has 0 amide bonds. The van der Waals surface area contributed by atoms with Gasteiger partial charge >= 0.3 is 0 Å². The molecule has 0 heterocycles. The molecule has 1 rings (SSSR count). The zero-order valence-electron chi connectivity index (χ0n) is 11.2. The molecule has 2 N–H and O–H groups in total. The van der Waals surface area contributed by atoms with Gasteiger partial charge in [-0.1, -0.05) is 12.1 Å². The van der Waals surface area contributed by atoms with Gasteiger partial charge in [0.2, 0.25) is 0 Å². The molecule has 0 radical (unpaired) electrons. The molecule has 18 heavy (non-hydrogen) atoms. The Hall–Kier alpha value is -1.10. The van der Waals surface area contributed by atoms with E-state index in [1.165, 1.54) is 0 Å². The van der Waals surface area contributed by atoms with Crippen molar-refractivity contribution in [3.05, 3.63) is 29.8 Å². The topological polar surface area (TPSA) is 53.7 Å². The summed E-state index contributed by atoms with van der Waals surface area (Å²) in [5.74, 6) is 0.847. The van der Waals surface area contributed by atoms with E-state index in [1.54, 1.807) is 7.11 Å². The lowest BCUT2D eigenvalue weighted by molar-refractivity contribution is 0.0806. The first-order chi connectivity index (χ1) is 8.74. The van der Waals surface area contributed by atoms with Crippen LogP contribution in [0.4, 0.5) is 0 Å². The summed E-state index contributed by atoms with van der Waals surface area (Å²) in [6.45, 7) is 4.56. The predicted octanol–water partition coefficient (Wildman–Crippen LogP) is 2.14. The summed E-state index contributed by atoms with van der Waals surface area (Å²) in [5.41, 5.74) is 6.88. The molecule has 4 heteroatoms. The Labute approximate surface area is 109 Å². The van der Waals surface area contributed by atoms with Crippen molar-refractivity contribution in [2.24, 2.45) is 5.73 Å². The Kier molecular flexibility index (Phi) is 7.41. The van der Waals surface area contributed by atoms with Crippen molar-refractivity contribution >= 4 is 0 Å². The monoisotopic (exact) mass is 253 g/mol. The normalized spacial score (nSPS) is 12.4. The molecule has 0 aliphatic rings. The fourth-order valence-corrected chi connectivity index (χ4v) is 1.49. The van der Waals surface area contributed by atoms with E-state index in [0.29, 0.717) is 19.8 Å². The third kappa shape index (κ3) is 6.00. The van der Waals surface area contributed by atoms with Gasteiger partial charge in [-0.3, -0.25) is 0 Å². The van der Waals surface area contributed by atoms with E-state index < -0.39 is 0 Å². The minimum absolute atomic E-state index is 0.0585. The Morgan fingerprint density at radius 2 is 1.78 bits per heavy atom. The van der Waals surface area contributed by atoms with Crippen LogP contribution in [0.3, 0.4) is 0 Å². The molecule has 0 spiro atoms. The van der Waals surface area contributed by atoms with Gasteiger partial charge in [0.1, 0.15) is 12.4 Å². The highest BCUT2D eigenvalue weighted by Crippen LogP contribution is 2.15. The molecule has 1 aromatic rings. The molecule has 0 bridgehead atoms. The van der Waals surface area contributed by atoms with Crippen LogP contribution in [-0.4, -0.2) is 33.5 Å². The first-order valence-electron chi connectivity index (χ1n) is 6.29. The lowest BCUT2D eigenvalue weighted by Crippen LogP contribution is -2.09. The van der Waals surface area contributed by atoms with Gasteiger partial charge in [-0.2, -0.15) is 0 Å². The molecule has 0 aliphatic heterocycles. The van der Waals surface area contributed by atoms with Crippen LogP contribution < -0.4 is 10.5 Å². The average molecular weight is 253 g/mol. The number of nitrogens with two attached hydrogens (primary N) is 1. The molecule has 0 saturated carbocycles. The van der Waals surface area contributed by atoms with Crippen molar-refractivity contribution < 1.29 is 14.2 Å². The van der Waals surface area contributed by atoms with Crippen molar-refractivity contribution in [1.29, 1.82) is 0 Å². The number of benzene rings is 1. The lowest BCUT2D eigenvalue weighted by atomic mass is 10.1. The van der Waals surface area contributed by atoms with Crippen LogP contribution in [0.5, 0.6) is 5.75 Å². The zero-order chi connectivity index (χ0) is 13.2. The maximum atomic E-state index is 5.77. The molecule has 1 aromatic carbocycles. The third-order valence-corrected chi connectivity index (χ3v) is 2.54. The maximum Gasteiger partial charge on any atom is 0.119 e. The van der Waals surface area contributed by atoms with Crippen molar-refractivity contribution in [2.45, 2.75) is 19.4 Å². The second kappa shape index (κ2) is 8.91. The molecule has 0 saturated heterocycles. The Balaban J connectivity index is 2.12. The van der Waals surface area contributed by atoms with E-state index in [2.05, 4.69) is 0 Å². The largest absolute Gasteiger partial charge is 0.491 e. The fraction of sp³-hybridized carbons (Fsp3) is 0.571. The van der Waals surface area contributed by atoms with Gasteiger partial charge in [0.15, 0.2) is 0 Å². The van der Waals surface area contributed by atoms with Crippen molar-refractivity contribution in [2.75, 3.05) is 33.5 Å². The van der Waals surface area contributed by atoms with Gasteiger partial charge in [0, 0.05) is 26.4 Å². The predicted molar refractivity (Wildman–Crippen MR) is 71.9 cm³/mol. The zero-order valence-corrected chi connectivity index (χ0v) is 11.2. The first-order valence-corrected chi connectivity index (χ1v) is 6.29. The summed E-state index contributed by atoms with van der Waals surface area (Å²) in [6, 6.07) is 7.90. The van der Waals surface area contributed by atoms with Crippen molar-refractivity contribution in [3.8, 4) is 5.75 Å². The van der Waals surface area contributed by atoms with Gasteiger partial charge in [0.25, 0.3) is 0 Å². The number of hydrogen-bond donors (Lipinski definition) is 1. The maximum absolute atomic E-state index is 5.77. The average Bonchev–Trinajstić information content (AvgIpc) is 2.38. The molecular weight excluding hydrogens is 230 g/mol. The smallest absolute Gasteiger partial charge is 0.119 e. The minimum Gasteiger partial charge on any atom is -0.491 e. The highest BCUT2D eigenvalue weighted by molar-refractivity contribution is 5.28. The highest BCUT2D eigenvalue weighted by atomic mass is 16.5. The Morgan fingerprint density at radius 1 is 1.06 bits per heavy atom. The highest BCUT2D eigenvalue weighted by Gasteiger charge is 1.99. The van der Waals surface area contributed by atoms with Crippen LogP contribution in [0.2, 0.25) is 0 Å². The summed E-state index contributed by atoms with van der Waals surface area (Å²) < 4.78 is 15.9. The minimum atomic E-state index is 0.0585. The second-order valence-corrected chi connectivity index (χ2v) is 4.16. The van der Waals surface area contributed by atoms with Gasteiger partial charge < -0.3 is 19.9 Å². The summed E-state index contributed by atoms with van der Waals surface area (Å²) >= 11 is 0. The van der Waals surface area contributed by atoms with E-state index in [4.69, 9.17) is 19.9 Å². The third-order valence-electron chi connectivity index (χ3n) is 2.54. The van der Waals surface area contributed by atoms with Crippen LogP contribution in [0.25, 0.3) is 0 Å². The fourth-order valence-electron chi connectivity index (χ4n) is 1.49. The van der Waals surface area contributed by atoms with Crippen LogP contribution >= 0.6 is 0 Å². The van der Waals surface area contributed by atoms with Gasteiger partial charge in [0.05, 0.1) is 6.61 Å². The van der Waals surface area contributed by atoms with Crippen LogP contribution in [0.15, 0.2) is 24.3 Å². The Morgan fingerprint density at radius 3 is 2.39 bits per heavy atom. The molecule has 0 fully saturated rings. The van der Waals surface area contributed by atoms with Gasteiger partial charge in [-0.25, -0.2) is 0 Å². The first kappa shape index (κ1) is 15.0. The molecule has 102 valence electrons. The summed E-state index contributed by atoms with van der Waals surface area (Å²) in [4.78, 5) is 0. The summed E-state index contributed by atoms with van der Waals surface area (Å²) in [6.07, 6.45) is 0.916. The molecular formula is C14H23NO3. The van der Waals surface area contributed by atoms with E-state index in [9.17, 15) is 0 Å². The van der Waals surface area contributed by atoms with Gasteiger partial charge in [-0.05, 0) is 31.0 Å². The molecule has 1 unspecified atom stereocenters. The molecule has 0 aromatic heterocycles.